The lowest BCUT2D eigenvalue weighted by molar-refractivity contribution is 0.146. The first-order valence-corrected chi connectivity index (χ1v) is 6.28. The van der Waals surface area contributed by atoms with Gasteiger partial charge in [-0.25, -0.2) is 4.68 Å². The van der Waals surface area contributed by atoms with Crippen LogP contribution in [0.1, 0.15) is 13.3 Å². The largest absolute Gasteiger partial charge is 0.481 e. The van der Waals surface area contributed by atoms with Gasteiger partial charge >= 0.3 is 0 Å². The number of methoxy groups -OCH3 is 1. The minimum absolute atomic E-state index is 0.548. The molecule has 0 aliphatic carbocycles. The number of aryl methyl sites for hydroxylation is 1. The third-order valence-electron chi connectivity index (χ3n) is 2.24. The average Bonchev–Trinajstić information content (AvgIpc) is 2.69. The fourth-order valence-corrected chi connectivity index (χ4v) is 1.59. The minimum atomic E-state index is 0.548. The van der Waals surface area contributed by atoms with Crippen molar-refractivity contribution in [3.05, 3.63) is 6.07 Å². The van der Waals surface area contributed by atoms with Gasteiger partial charge in [-0.1, -0.05) is 0 Å². The fourth-order valence-electron chi connectivity index (χ4n) is 1.38. The lowest BCUT2D eigenvalue weighted by Gasteiger charge is -2.08. The van der Waals surface area contributed by atoms with E-state index in [-0.39, 0.29) is 0 Å². The molecule has 0 aliphatic heterocycles. The standard InChI is InChI=1S/C11H20N4O2S/c1-4-17-7-5-6-12-11(18)13-9-8-10(16-3)15(2)14-9/h8H,4-7H2,1-3H3,(H2,12,13,14,18). The second-order valence-electron chi connectivity index (χ2n) is 3.63. The van der Waals surface area contributed by atoms with Crippen LogP contribution in [0.25, 0.3) is 0 Å². The molecule has 2 N–H and O–H groups in total. The first-order chi connectivity index (χ1) is 8.67. The van der Waals surface area contributed by atoms with Crippen LogP contribution in [0.2, 0.25) is 0 Å². The zero-order valence-electron chi connectivity index (χ0n) is 11.0. The highest BCUT2D eigenvalue weighted by Crippen LogP contribution is 2.14. The van der Waals surface area contributed by atoms with Crippen LogP contribution in [-0.2, 0) is 11.8 Å². The Morgan fingerprint density at radius 1 is 1.56 bits per heavy atom. The summed E-state index contributed by atoms with van der Waals surface area (Å²) in [5.41, 5.74) is 0. The third-order valence-corrected chi connectivity index (χ3v) is 2.49. The summed E-state index contributed by atoms with van der Waals surface area (Å²) in [7, 11) is 3.41. The van der Waals surface area contributed by atoms with Crippen LogP contribution >= 0.6 is 12.2 Å². The van der Waals surface area contributed by atoms with E-state index in [0.717, 1.165) is 26.2 Å². The van der Waals surface area contributed by atoms with Crippen LogP contribution in [0, 0.1) is 0 Å². The molecule has 1 rings (SSSR count). The number of rotatable bonds is 7. The third kappa shape index (κ3) is 4.89. The van der Waals surface area contributed by atoms with Crippen LogP contribution in [0.15, 0.2) is 6.07 Å². The first kappa shape index (κ1) is 14.7. The molecule has 0 unspecified atom stereocenters. The molecule has 1 heterocycles. The second kappa shape index (κ2) is 7.88. The van der Waals surface area contributed by atoms with E-state index in [4.69, 9.17) is 21.7 Å². The number of hydrogen-bond acceptors (Lipinski definition) is 4. The Bertz CT molecular complexity index is 381. The summed E-state index contributed by atoms with van der Waals surface area (Å²) in [6.45, 7) is 4.24. The van der Waals surface area contributed by atoms with Crippen LogP contribution in [-0.4, -0.2) is 41.8 Å². The van der Waals surface area contributed by atoms with E-state index in [0.29, 0.717) is 16.8 Å². The lowest BCUT2D eigenvalue weighted by Crippen LogP contribution is -2.30. The van der Waals surface area contributed by atoms with Gasteiger partial charge in [-0.05, 0) is 25.6 Å². The van der Waals surface area contributed by atoms with Crippen molar-refractivity contribution in [2.45, 2.75) is 13.3 Å². The predicted molar refractivity (Wildman–Crippen MR) is 75.1 cm³/mol. The van der Waals surface area contributed by atoms with Gasteiger partial charge in [0.25, 0.3) is 0 Å². The highest BCUT2D eigenvalue weighted by molar-refractivity contribution is 7.80. The lowest BCUT2D eigenvalue weighted by atomic mass is 10.4. The van der Waals surface area contributed by atoms with Crippen molar-refractivity contribution in [3.63, 3.8) is 0 Å². The quantitative estimate of drug-likeness (QED) is 0.573. The first-order valence-electron chi connectivity index (χ1n) is 5.88. The summed E-state index contributed by atoms with van der Waals surface area (Å²) in [6, 6.07) is 1.79. The maximum atomic E-state index is 5.23. The molecule has 1 aromatic rings. The Balaban J connectivity index is 2.26. The van der Waals surface area contributed by atoms with E-state index in [1.54, 1.807) is 17.9 Å². The normalized spacial score (nSPS) is 10.2. The minimum Gasteiger partial charge on any atom is -0.481 e. The molecule has 6 nitrogen and oxygen atoms in total. The molecule has 102 valence electrons. The smallest absolute Gasteiger partial charge is 0.213 e. The zero-order chi connectivity index (χ0) is 13.4. The molecule has 0 bridgehead atoms. The van der Waals surface area contributed by atoms with Gasteiger partial charge in [-0.2, -0.15) is 5.10 Å². The van der Waals surface area contributed by atoms with Crippen LogP contribution in [0.3, 0.4) is 0 Å². The van der Waals surface area contributed by atoms with E-state index in [2.05, 4.69) is 15.7 Å². The van der Waals surface area contributed by atoms with Crippen molar-refractivity contribution in [3.8, 4) is 5.88 Å². The van der Waals surface area contributed by atoms with Crippen LogP contribution < -0.4 is 15.4 Å². The van der Waals surface area contributed by atoms with Gasteiger partial charge < -0.3 is 20.1 Å². The molecule has 0 spiro atoms. The molecule has 0 radical (unpaired) electrons. The van der Waals surface area contributed by atoms with Crippen molar-refractivity contribution in [1.29, 1.82) is 0 Å². The highest BCUT2D eigenvalue weighted by atomic mass is 32.1. The fraction of sp³-hybridized carbons (Fsp3) is 0.636. The molecule has 0 saturated heterocycles. The Labute approximate surface area is 113 Å². The molecule has 7 heteroatoms. The van der Waals surface area contributed by atoms with Crippen LogP contribution in [0.5, 0.6) is 5.88 Å². The van der Waals surface area contributed by atoms with Gasteiger partial charge in [0.2, 0.25) is 5.88 Å². The van der Waals surface area contributed by atoms with E-state index in [1.807, 2.05) is 14.0 Å². The number of aromatic nitrogens is 2. The molecule has 18 heavy (non-hydrogen) atoms. The van der Waals surface area contributed by atoms with Crippen molar-refractivity contribution in [2.75, 3.05) is 32.2 Å². The summed E-state index contributed by atoms with van der Waals surface area (Å²) in [5.74, 6) is 1.34. The van der Waals surface area contributed by atoms with Gasteiger partial charge in [-0.3, -0.25) is 0 Å². The van der Waals surface area contributed by atoms with Gasteiger partial charge in [-0.15, -0.1) is 0 Å². The van der Waals surface area contributed by atoms with Gasteiger partial charge in [0.15, 0.2) is 10.9 Å². The Morgan fingerprint density at radius 2 is 2.33 bits per heavy atom. The number of thiocarbonyl (C=S) groups is 1. The Morgan fingerprint density at radius 3 is 2.94 bits per heavy atom. The number of nitrogens with zero attached hydrogens (tertiary/aromatic N) is 2. The van der Waals surface area contributed by atoms with Gasteiger partial charge in [0.1, 0.15) is 0 Å². The number of hydrogen-bond donors (Lipinski definition) is 2. The topological polar surface area (TPSA) is 60.3 Å². The molecule has 0 fully saturated rings. The van der Waals surface area contributed by atoms with Gasteiger partial charge in [0.05, 0.1) is 7.11 Å². The number of ether oxygens (including phenoxy) is 2. The van der Waals surface area contributed by atoms with Crippen LogP contribution in [0.4, 0.5) is 5.82 Å². The van der Waals surface area contributed by atoms with Crippen molar-refractivity contribution < 1.29 is 9.47 Å². The molecule has 1 aromatic heterocycles. The van der Waals surface area contributed by atoms with Crippen molar-refractivity contribution in [1.82, 2.24) is 15.1 Å². The molecule has 0 aromatic carbocycles. The van der Waals surface area contributed by atoms with Crippen molar-refractivity contribution in [2.24, 2.45) is 7.05 Å². The molecular formula is C11H20N4O2S. The summed E-state index contributed by atoms with van der Waals surface area (Å²) in [5, 5.41) is 10.8. The molecule has 0 saturated carbocycles. The van der Waals surface area contributed by atoms with E-state index < -0.39 is 0 Å². The predicted octanol–water partition coefficient (Wildman–Crippen LogP) is 1.14. The van der Waals surface area contributed by atoms with Gasteiger partial charge in [0, 0.05) is 32.9 Å². The number of anilines is 1. The average molecular weight is 272 g/mol. The molecular weight excluding hydrogens is 252 g/mol. The van der Waals surface area contributed by atoms with E-state index >= 15 is 0 Å². The number of nitrogens with one attached hydrogen (secondary N) is 2. The summed E-state index contributed by atoms with van der Waals surface area (Å²) in [4.78, 5) is 0. The molecule has 0 atom stereocenters. The maximum absolute atomic E-state index is 5.23. The summed E-state index contributed by atoms with van der Waals surface area (Å²) >= 11 is 5.15. The second-order valence-corrected chi connectivity index (χ2v) is 4.04. The highest BCUT2D eigenvalue weighted by Gasteiger charge is 2.05. The Hall–Kier alpha value is -1.34. The van der Waals surface area contributed by atoms with E-state index in [9.17, 15) is 0 Å². The molecule has 0 amide bonds. The van der Waals surface area contributed by atoms with Crippen molar-refractivity contribution >= 4 is 23.1 Å². The monoisotopic (exact) mass is 272 g/mol. The SMILES string of the molecule is CCOCCCNC(=S)Nc1cc(OC)n(C)n1. The molecule has 0 aliphatic rings. The summed E-state index contributed by atoms with van der Waals surface area (Å²) in [6.07, 6.45) is 0.918. The zero-order valence-corrected chi connectivity index (χ0v) is 11.8. The summed E-state index contributed by atoms with van der Waals surface area (Å²) < 4.78 is 12.0. The van der Waals surface area contributed by atoms with E-state index in [1.165, 1.54) is 0 Å². The maximum Gasteiger partial charge on any atom is 0.213 e. The Kier molecular flexibility index (Phi) is 6.45.